The monoisotopic (exact) mass is 198 g/mol. The quantitative estimate of drug-likeness (QED) is 0.675. The largest absolute Gasteiger partial charge is 0.506 e. The molecule has 0 amide bonds. The van der Waals surface area contributed by atoms with E-state index in [1.807, 2.05) is 19.1 Å². The van der Waals surface area contributed by atoms with E-state index in [0.29, 0.717) is 5.02 Å². The highest BCUT2D eigenvalue weighted by Crippen LogP contribution is 2.36. The van der Waals surface area contributed by atoms with Crippen LogP contribution in [-0.2, 0) is 5.41 Å². The van der Waals surface area contributed by atoms with Crippen LogP contribution in [0.15, 0.2) is 12.1 Å². The molecule has 0 fully saturated rings. The lowest BCUT2D eigenvalue weighted by Crippen LogP contribution is -2.11. The van der Waals surface area contributed by atoms with Gasteiger partial charge in [0.2, 0.25) is 0 Å². The lowest BCUT2D eigenvalue weighted by atomic mass is 9.86. The van der Waals surface area contributed by atoms with Gasteiger partial charge in [-0.25, -0.2) is 0 Å². The van der Waals surface area contributed by atoms with Gasteiger partial charge in [0.1, 0.15) is 5.75 Å². The van der Waals surface area contributed by atoms with Gasteiger partial charge in [-0.2, -0.15) is 0 Å². The maximum Gasteiger partial charge on any atom is 0.137 e. The number of aryl methyl sites for hydroxylation is 1. The standard InChI is InChI=1S/C11H15ClO/c1-7-5-6-8(11(2,3)4)9(12)10(7)13/h5-6,13H,1-4H3. The van der Waals surface area contributed by atoms with Crippen molar-refractivity contribution in [1.29, 1.82) is 0 Å². The molecule has 1 rings (SSSR count). The van der Waals surface area contributed by atoms with Crippen molar-refractivity contribution in [1.82, 2.24) is 0 Å². The molecule has 0 aliphatic rings. The lowest BCUT2D eigenvalue weighted by Gasteiger charge is -2.21. The molecule has 2 heteroatoms. The van der Waals surface area contributed by atoms with Gasteiger partial charge in [-0.05, 0) is 23.5 Å². The van der Waals surface area contributed by atoms with Crippen molar-refractivity contribution in [2.24, 2.45) is 0 Å². The van der Waals surface area contributed by atoms with Crippen molar-refractivity contribution in [3.63, 3.8) is 0 Å². The fraction of sp³-hybridized carbons (Fsp3) is 0.455. The molecule has 0 aromatic heterocycles. The minimum atomic E-state index is -0.0255. The van der Waals surface area contributed by atoms with Gasteiger partial charge in [-0.1, -0.05) is 44.5 Å². The van der Waals surface area contributed by atoms with Gasteiger partial charge >= 0.3 is 0 Å². The SMILES string of the molecule is Cc1ccc(C(C)(C)C)c(Cl)c1O. The normalized spacial score (nSPS) is 11.8. The number of phenols is 1. The van der Waals surface area contributed by atoms with E-state index in [9.17, 15) is 5.11 Å². The molecule has 72 valence electrons. The van der Waals surface area contributed by atoms with Crippen LogP contribution in [0.5, 0.6) is 5.75 Å². The Morgan fingerprint density at radius 3 is 2.23 bits per heavy atom. The van der Waals surface area contributed by atoms with Gasteiger partial charge in [0.15, 0.2) is 0 Å². The summed E-state index contributed by atoms with van der Waals surface area (Å²) in [6.45, 7) is 8.06. The van der Waals surface area contributed by atoms with Gasteiger partial charge in [-0.15, -0.1) is 0 Å². The number of rotatable bonds is 0. The van der Waals surface area contributed by atoms with E-state index in [0.717, 1.165) is 11.1 Å². The third-order valence-electron chi connectivity index (χ3n) is 2.13. The Bertz CT molecular complexity index is 324. The maximum absolute atomic E-state index is 9.62. The van der Waals surface area contributed by atoms with Crippen molar-refractivity contribution in [3.8, 4) is 5.75 Å². The summed E-state index contributed by atoms with van der Waals surface area (Å²) in [5.74, 6) is 0.203. The minimum absolute atomic E-state index is 0.0255. The summed E-state index contributed by atoms with van der Waals surface area (Å²) in [5.41, 5.74) is 1.78. The Morgan fingerprint density at radius 1 is 1.23 bits per heavy atom. The topological polar surface area (TPSA) is 20.2 Å². The van der Waals surface area contributed by atoms with Crippen LogP contribution in [0.4, 0.5) is 0 Å². The molecule has 1 aromatic carbocycles. The molecule has 0 saturated carbocycles. The van der Waals surface area contributed by atoms with Gasteiger partial charge in [0, 0.05) is 0 Å². The highest BCUT2D eigenvalue weighted by atomic mass is 35.5. The molecule has 0 saturated heterocycles. The number of aromatic hydroxyl groups is 1. The van der Waals surface area contributed by atoms with Crippen LogP contribution in [0.2, 0.25) is 5.02 Å². The molecule has 0 spiro atoms. The van der Waals surface area contributed by atoms with Crippen molar-refractivity contribution in [3.05, 3.63) is 28.3 Å². The zero-order valence-corrected chi connectivity index (χ0v) is 9.24. The molecule has 0 radical (unpaired) electrons. The molecular weight excluding hydrogens is 184 g/mol. The summed E-state index contributed by atoms with van der Waals surface area (Å²) in [5, 5.41) is 10.1. The van der Waals surface area contributed by atoms with Crippen molar-refractivity contribution in [2.75, 3.05) is 0 Å². The minimum Gasteiger partial charge on any atom is -0.506 e. The Morgan fingerprint density at radius 2 is 1.77 bits per heavy atom. The van der Waals surface area contributed by atoms with Crippen LogP contribution in [0.3, 0.4) is 0 Å². The molecule has 1 nitrogen and oxygen atoms in total. The van der Waals surface area contributed by atoms with Crippen LogP contribution in [-0.4, -0.2) is 5.11 Å². The van der Waals surface area contributed by atoms with Gasteiger partial charge in [-0.3, -0.25) is 0 Å². The molecule has 0 heterocycles. The fourth-order valence-electron chi connectivity index (χ4n) is 1.24. The molecule has 0 unspecified atom stereocenters. The van der Waals surface area contributed by atoms with E-state index in [4.69, 9.17) is 11.6 Å². The average Bonchev–Trinajstić information content (AvgIpc) is 1.98. The summed E-state index contributed by atoms with van der Waals surface area (Å²) in [6.07, 6.45) is 0. The average molecular weight is 199 g/mol. The second-order valence-electron chi connectivity index (χ2n) is 4.34. The molecule has 0 aliphatic carbocycles. The Hall–Kier alpha value is -0.690. The number of hydrogen-bond donors (Lipinski definition) is 1. The van der Waals surface area contributed by atoms with E-state index in [-0.39, 0.29) is 11.2 Å². The number of hydrogen-bond acceptors (Lipinski definition) is 1. The highest BCUT2D eigenvalue weighted by molar-refractivity contribution is 6.33. The molecule has 1 N–H and O–H groups in total. The first-order valence-corrected chi connectivity index (χ1v) is 4.70. The lowest BCUT2D eigenvalue weighted by molar-refractivity contribution is 0.467. The van der Waals surface area contributed by atoms with E-state index in [1.54, 1.807) is 0 Å². The second-order valence-corrected chi connectivity index (χ2v) is 4.72. The Kier molecular flexibility index (Phi) is 2.58. The van der Waals surface area contributed by atoms with E-state index < -0.39 is 0 Å². The van der Waals surface area contributed by atoms with Crippen molar-refractivity contribution < 1.29 is 5.11 Å². The predicted octanol–water partition coefficient (Wildman–Crippen LogP) is 3.65. The maximum atomic E-state index is 9.62. The molecule has 13 heavy (non-hydrogen) atoms. The van der Waals surface area contributed by atoms with Crippen molar-refractivity contribution >= 4 is 11.6 Å². The molecule has 0 aliphatic heterocycles. The third kappa shape index (κ3) is 1.97. The van der Waals surface area contributed by atoms with Crippen LogP contribution < -0.4 is 0 Å². The summed E-state index contributed by atoms with van der Waals surface area (Å²) >= 11 is 6.03. The summed E-state index contributed by atoms with van der Waals surface area (Å²) in [4.78, 5) is 0. The predicted molar refractivity (Wildman–Crippen MR) is 56.6 cm³/mol. The molecule has 0 atom stereocenters. The first-order valence-electron chi connectivity index (χ1n) is 4.32. The number of phenolic OH excluding ortho intramolecular Hbond substituents is 1. The third-order valence-corrected chi connectivity index (χ3v) is 2.51. The van der Waals surface area contributed by atoms with E-state index in [1.165, 1.54) is 0 Å². The highest BCUT2D eigenvalue weighted by Gasteiger charge is 2.19. The smallest absolute Gasteiger partial charge is 0.137 e. The van der Waals surface area contributed by atoms with Gasteiger partial charge in [0.25, 0.3) is 0 Å². The van der Waals surface area contributed by atoms with Gasteiger partial charge < -0.3 is 5.11 Å². The second kappa shape index (κ2) is 3.22. The summed E-state index contributed by atoms with van der Waals surface area (Å²) < 4.78 is 0. The van der Waals surface area contributed by atoms with Crippen LogP contribution in [0.25, 0.3) is 0 Å². The van der Waals surface area contributed by atoms with E-state index >= 15 is 0 Å². The number of benzene rings is 1. The van der Waals surface area contributed by atoms with E-state index in [2.05, 4.69) is 20.8 Å². The molecule has 0 bridgehead atoms. The van der Waals surface area contributed by atoms with Crippen LogP contribution in [0, 0.1) is 6.92 Å². The molecular formula is C11H15ClO. The molecule has 1 aromatic rings. The number of halogens is 1. The Labute approximate surface area is 84.4 Å². The van der Waals surface area contributed by atoms with Gasteiger partial charge in [0.05, 0.1) is 5.02 Å². The summed E-state index contributed by atoms with van der Waals surface area (Å²) in [6, 6.07) is 3.86. The van der Waals surface area contributed by atoms with Crippen LogP contribution in [0.1, 0.15) is 31.9 Å². The zero-order valence-electron chi connectivity index (χ0n) is 8.48. The van der Waals surface area contributed by atoms with Crippen molar-refractivity contribution in [2.45, 2.75) is 33.1 Å². The summed E-state index contributed by atoms with van der Waals surface area (Å²) in [7, 11) is 0. The fourth-order valence-corrected chi connectivity index (χ4v) is 1.74. The first kappa shape index (κ1) is 10.4. The first-order chi connectivity index (χ1) is 5.84. The Balaban J connectivity index is 3.35. The zero-order chi connectivity index (χ0) is 10.2. The van der Waals surface area contributed by atoms with Crippen LogP contribution >= 0.6 is 11.6 Å².